The lowest BCUT2D eigenvalue weighted by atomic mass is 9.82. The number of hydrogen-bond donors (Lipinski definition) is 2. The second kappa shape index (κ2) is 6.60. The third kappa shape index (κ3) is 4.38. The van der Waals surface area contributed by atoms with Gasteiger partial charge in [-0.15, -0.1) is 5.10 Å². The molecule has 1 aromatic heterocycles. The highest BCUT2D eigenvalue weighted by Gasteiger charge is 2.27. The number of carbonyl (C=O) groups is 2. The molecule has 1 amide bonds. The van der Waals surface area contributed by atoms with Gasteiger partial charge in [-0.1, -0.05) is 56.3 Å². The molecule has 1 aromatic carbocycles. The topological polar surface area (TPSA) is 97.1 Å². The summed E-state index contributed by atoms with van der Waals surface area (Å²) in [7, 11) is 0. The number of carbonyl (C=O) groups excluding carboxylic acids is 1. The van der Waals surface area contributed by atoms with E-state index in [0.29, 0.717) is 0 Å². The zero-order chi connectivity index (χ0) is 17.0. The van der Waals surface area contributed by atoms with Gasteiger partial charge in [-0.25, -0.2) is 9.48 Å². The molecule has 0 spiro atoms. The van der Waals surface area contributed by atoms with E-state index in [9.17, 15) is 9.59 Å². The lowest BCUT2D eigenvalue weighted by Gasteiger charge is -2.32. The van der Waals surface area contributed by atoms with E-state index in [4.69, 9.17) is 5.11 Å². The Morgan fingerprint density at radius 2 is 1.91 bits per heavy atom. The average Bonchev–Trinajstić information content (AvgIpc) is 2.93. The molecule has 0 aliphatic rings. The van der Waals surface area contributed by atoms with Crippen LogP contribution in [0.5, 0.6) is 0 Å². The molecule has 122 valence electrons. The fraction of sp³-hybridized carbons (Fsp3) is 0.375. The van der Waals surface area contributed by atoms with Crippen molar-refractivity contribution in [1.29, 1.82) is 0 Å². The predicted molar refractivity (Wildman–Crippen MR) is 83.8 cm³/mol. The zero-order valence-electron chi connectivity index (χ0n) is 13.4. The second-order valence-electron chi connectivity index (χ2n) is 6.38. The van der Waals surface area contributed by atoms with Crippen LogP contribution in [0.1, 0.15) is 42.9 Å². The van der Waals surface area contributed by atoms with E-state index in [1.807, 2.05) is 51.1 Å². The van der Waals surface area contributed by atoms with Crippen molar-refractivity contribution in [1.82, 2.24) is 20.3 Å². The molecule has 7 nitrogen and oxygen atoms in total. The van der Waals surface area contributed by atoms with Crippen LogP contribution in [0.25, 0.3) is 0 Å². The third-order valence-corrected chi connectivity index (χ3v) is 3.37. The van der Waals surface area contributed by atoms with Gasteiger partial charge in [0.25, 0.3) is 0 Å². The molecule has 0 bridgehead atoms. The molecule has 0 aliphatic carbocycles. The Balaban J connectivity index is 2.10. The first-order chi connectivity index (χ1) is 10.8. The highest BCUT2D eigenvalue weighted by molar-refractivity contribution is 5.84. The first-order valence-electron chi connectivity index (χ1n) is 7.25. The number of nitrogens with one attached hydrogen (secondary N) is 1. The molecular formula is C16H20N4O3. The van der Waals surface area contributed by atoms with E-state index in [2.05, 4.69) is 15.6 Å². The summed E-state index contributed by atoms with van der Waals surface area (Å²) in [6, 6.07) is 9.54. The number of carboxylic acid groups (broad SMARTS) is 1. The number of aromatic carboxylic acids is 1. The molecule has 2 N–H and O–H groups in total. The van der Waals surface area contributed by atoms with Gasteiger partial charge in [-0.3, -0.25) is 4.79 Å². The molecule has 2 aromatic rings. The van der Waals surface area contributed by atoms with Crippen LogP contribution in [0, 0.1) is 5.41 Å². The van der Waals surface area contributed by atoms with Gasteiger partial charge in [-0.05, 0) is 11.0 Å². The molecule has 0 aliphatic heterocycles. The van der Waals surface area contributed by atoms with Crippen LogP contribution in [0.4, 0.5) is 0 Å². The number of aromatic nitrogens is 3. The third-order valence-electron chi connectivity index (χ3n) is 3.37. The number of nitrogens with zero attached hydrogens (tertiary/aromatic N) is 3. The zero-order valence-corrected chi connectivity index (χ0v) is 13.4. The van der Waals surface area contributed by atoms with Crippen LogP contribution in [-0.4, -0.2) is 32.0 Å². The van der Waals surface area contributed by atoms with Crippen molar-refractivity contribution in [2.45, 2.75) is 33.4 Å². The summed E-state index contributed by atoms with van der Waals surface area (Å²) < 4.78 is 1.21. The van der Waals surface area contributed by atoms with Gasteiger partial charge in [0.05, 0.1) is 12.2 Å². The minimum absolute atomic E-state index is 0.0836. The first kappa shape index (κ1) is 16.7. The van der Waals surface area contributed by atoms with Crippen LogP contribution < -0.4 is 5.32 Å². The fourth-order valence-electron chi connectivity index (χ4n) is 2.27. The van der Waals surface area contributed by atoms with Crippen LogP contribution in [0.2, 0.25) is 0 Å². The van der Waals surface area contributed by atoms with Crippen LogP contribution >= 0.6 is 0 Å². The first-order valence-corrected chi connectivity index (χ1v) is 7.25. The molecule has 1 atom stereocenters. The van der Waals surface area contributed by atoms with Gasteiger partial charge in [0.1, 0.15) is 6.54 Å². The van der Waals surface area contributed by atoms with E-state index < -0.39 is 5.97 Å². The van der Waals surface area contributed by atoms with Crippen LogP contribution in [0.3, 0.4) is 0 Å². The molecule has 0 fully saturated rings. The quantitative estimate of drug-likeness (QED) is 0.878. The standard InChI is InChI=1S/C16H20N4O3/c1-16(2,3)14(11-7-5-4-6-8-11)17-13(21)10-20-9-12(15(22)23)18-19-20/h4-9,14H,10H2,1-3H3,(H,17,21)(H,22,23). The van der Waals surface area contributed by atoms with Crippen molar-refractivity contribution in [2.24, 2.45) is 5.41 Å². The molecule has 23 heavy (non-hydrogen) atoms. The van der Waals surface area contributed by atoms with Crippen LogP contribution in [-0.2, 0) is 11.3 Å². The molecule has 0 saturated carbocycles. The fourth-order valence-corrected chi connectivity index (χ4v) is 2.27. The second-order valence-corrected chi connectivity index (χ2v) is 6.38. The van der Waals surface area contributed by atoms with Gasteiger partial charge in [0.2, 0.25) is 5.91 Å². The lowest BCUT2D eigenvalue weighted by molar-refractivity contribution is -0.123. The Morgan fingerprint density at radius 1 is 1.26 bits per heavy atom. The predicted octanol–water partition coefficient (Wildman–Crippen LogP) is 1.88. The Bertz CT molecular complexity index is 689. The Hall–Kier alpha value is -2.70. The van der Waals surface area contributed by atoms with Gasteiger partial charge in [-0.2, -0.15) is 0 Å². The van der Waals surface area contributed by atoms with Gasteiger partial charge in [0.15, 0.2) is 5.69 Å². The highest BCUT2D eigenvalue weighted by atomic mass is 16.4. The van der Waals surface area contributed by atoms with Crippen molar-refractivity contribution in [3.8, 4) is 0 Å². The monoisotopic (exact) mass is 316 g/mol. The van der Waals surface area contributed by atoms with Gasteiger partial charge in [0, 0.05) is 0 Å². The van der Waals surface area contributed by atoms with E-state index in [1.54, 1.807) is 0 Å². The van der Waals surface area contributed by atoms with Crippen molar-refractivity contribution >= 4 is 11.9 Å². The lowest BCUT2D eigenvalue weighted by Crippen LogP contribution is -2.38. The van der Waals surface area contributed by atoms with Crippen LogP contribution in [0.15, 0.2) is 36.5 Å². The van der Waals surface area contributed by atoms with E-state index in [0.717, 1.165) is 5.56 Å². The maximum Gasteiger partial charge on any atom is 0.358 e. The average molecular weight is 316 g/mol. The van der Waals surface area contributed by atoms with E-state index in [1.165, 1.54) is 10.9 Å². The largest absolute Gasteiger partial charge is 0.476 e. The molecule has 0 saturated heterocycles. The normalized spacial score (nSPS) is 12.7. The minimum Gasteiger partial charge on any atom is -0.476 e. The van der Waals surface area contributed by atoms with Crippen molar-refractivity contribution in [3.05, 3.63) is 47.8 Å². The summed E-state index contributed by atoms with van der Waals surface area (Å²) in [6.07, 6.45) is 1.23. The number of hydrogen-bond acceptors (Lipinski definition) is 4. The maximum atomic E-state index is 12.3. The molecule has 7 heteroatoms. The summed E-state index contributed by atoms with van der Waals surface area (Å²) in [5.41, 5.74) is 0.650. The maximum absolute atomic E-state index is 12.3. The highest BCUT2D eigenvalue weighted by Crippen LogP contribution is 2.32. The van der Waals surface area contributed by atoms with Gasteiger partial charge < -0.3 is 10.4 Å². The molecule has 2 rings (SSSR count). The Morgan fingerprint density at radius 3 is 2.43 bits per heavy atom. The molecule has 1 heterocycles. The summed E-state index contributed by atoms with van der Waals surface area (Å²) >= 11 is 0. The molecule has 0 radical (unpaired) electrons. The Kier molecular flexibility index (Phi) is 4.78. The van der Waals surface area contributed by atoms with Crippen molar-refractivity contribution in [3.63, 3.8) is 0 Å². The number of benzene rings is 1. The molecular weight excluding hydrogens is 296 g/mol. The van der Waals surface area contributed by atoms with Crippen molar-refractivity contribution in [2.75, 3.05) is 0 Å². The number of rotatable bonds is 5. The van der Waals surface area contributed by atoms with E-state index in [-0.39, 0.29) is 29.6 Å². The number of carboxylic acids is 1. The molecule has 1 unspecified atom stereocenters. The van der Waals surface area contributed by atoms with Crippen molar-refractivity contribution < 1.29 is 14.7 Å². The summed E-state index contributed by atoms with van der Waals surface area (Å²) in [6.45, 7) is 6.05. The SMILES string of the molecule is CC(C)(C)C(NC(=O)Cn1cc(C(=O)O)nn1)c1ccccc1. The van der Waals surface area contributed by atoms with E-state index >= 15 is 0 Å². The number of amides is 1. The Labute approximate surface area is 134 Å². The van der Waals surface area contributed by atoms with Gasteiger partial charge >= 0.3 is 5.97 Å². The smallest absolute Gasteiger partial charge is 0.358 e. The minimum atomic E-state index is -1.17. The summed E-state index contributed by atoms with van der Waals surface area (Å²) in [5.74, 6) is -1.43. The summed E-state index contributed by atoms with van der Waals surface area (Å²) in [4.78, 5) is 23.1. The summed E-state index contributed by atoms with van der Waals surface area (Å²) in [5, 5.41) is 18.9.